The van der Waals surface area contributed by atoms with Crippen LogP contribution in [-0.4, -0.2) is 25.0 Å². The molecule has 2 rings (SSSR count). The number of amides is 1. The number of carbonyl (C=O) groups is 1. The smallest absolute Gasteiger partial charge is 0.224 e. The lowest BCUT2D eigenvalue weighted by Gasteiger charge is -2.11. The molecule has 2 N–H and O–H groups in total. The molecule has 3 nitrogen and oxygen atoms in total. The molecule has 1 amide bonds. The third-order valence-corrected chi connectivity index (χ3v) is 3.63. The van der Waals surface area contributed by atoms with Gasteiger partial charge in [-0.05, 0) is 59.7 Å². The molecule has 1 aromatic carbocycles. The van der Waals surface area contributed by atoms with Gasteiger partial charge >= 0.3 is 0 Å². The largest absolute Gasteiger partial charge is 0.354 e. The fourth-order valence-electron chi connectivity index (χ4n) is 2.06. The lowest BCUT2D eigenvalue weighted by Crippen LogP contribution is -2.37. The van der Waals surface area contributed by atoms with E-state index in [9.17, 15) is 4.79 Å². The zero-order valence-electron chi connectivity index (χ0n) is 10.1. The van der Waals surface area contributed by atoms with Crippen LogP contribution < -0.4 is 10.6 Å². The minimum atomic E-state index is 0. The molecule has 5 heteroatoms. The molecular formula is C13H18ClIN2O. The van der Waals surface area contributed by atoms with E-state index >= 15 is 0 Å². The number of benzene rings is 1. The van der Waals surface area contributed by atoms with E-state index in [0.29, 0.717) is 12.5 Å². The Morgan fingerprint density at radius 1 is 1.50 bits per heavy atom. The van der Waals surface area contributed by atoms with E-state index in [4.69, 9.17) is 0 Å². The average molecular weight is 381 g/mol. The van der Waals surface area contributed by atoms with Crippen LogP contribution in [0.25, 0.3) is 0 Å². The number of carbonyl (C=O) groups excluding carboxylic acids is 1. The van der Waals surface area contributed by atoms with Crippen LogP contribution >= 0.6 is 35.0 Å². The van der Waals surface area contributed by atoms with Crippen molar-refractivity contribution in [3.63, 3.8) is 0 Å². The highest BCUT2D eigenvalue weighted by Gasteiger charge is 2.14. The lowest BCUT2D eigenvalue weighted by atomic mass is 10.1. The second-order valence-corrected chi connectivity index (χ2v) is 5.65. The van der Waals surface area contributed by atoms with Crippen molar-refractivity contribution in [2.75, 3.05) is 13.1 Å². The fraction of sp³-hybridized carbons (Fsp3) is 0.462. The summed E-state index contributed by atoms with van der Waals surface area (Å²) in [5.41, 5.74) is 1.08. The van der Waals surface area contributed by atoms with Gasteiger partial charge in [0.1, 0.15) is 0 Å². The van der Waals surface area contributed by atoms with Crippen LogP contribution in [0.2, 0.25) is 0 Å². The van der Waals surface area contributed by atoms with Gasteiger partial charge in [0, 0.05) is 16.2 Å². The summed E-state index contributed by atoms with van der Waals surface area (Å²) in [7, 11) is 0. The molecular weight excluding hydrogens is 363 g/mol. The minimum Gasteiger partial charge on any atom is -0.354 e. The molecule has 1 fully saturated rings. The summed E-state index contributed by atoms with van der Waals surface area (Å²) in [6.07, 6.45) is 2.87. The fourth-order valence-corrected chi connectivity index (χ4v) is 2.67. The summed E-state index contributed by atoms with van der Waals surface area (Å²) < 4.78 is 1.17. The van der Waals surface area contributed by atoms with Crippen molar-refractivity contribution in [3.8, 4) is 0 Å². The van der Waals surface area contributed by atoms with E-state index in [1.54, 1.807) is 0 Å². The first-order valence-electron chi connectivity index (χ1n) is 5.98. The molecule has 1 heterocycles. The Hall–Kier alpha value is -0.330. The van der Waals surface area contributed by atoms with Gasteiger partial charge in [-0.15, -0.1) is 12.4 Å². The standard InChI is InChI=1S/C13H17IN2O.ClH/c14-11-4-1-3-10(7-11)8-13(17)16-9-12-5-2-6-15-12;/h1,3-4,7,12,15H,2,5-6,8-9H2,(H,16,17);1H. The maximum absolute atomic E-state index is 11.7. The summed E-state index contributed by atoms with van der Waals surface area (Å²) >= 11 is 2.26. The second-order valence-electron chi connectivity index (χ2n) is 4.40. The topological polar surface area (TPSA) is 41.1 Å². The molecule has 1 aromatic rings. The summed E-state index contributed by atoms with van der Waals surface area (Å²) in [6, 6.07) is 8.53. The molecule has 0 aromatic heterocycles. The van der Waals surface area contributed by atoms with Crippen LogP contribution in [-0.2, 0) is 11.2 Å². The highest BCUT2D eigenvalue weighted by Crippen LogP contribution is 2.08. The Morgan fingerprint density at radius 2 is 2.33 bits per heavy atom. The Bertz CT molecular complexity index is 394. The van der Waals surface area contributed by atoms with Crippen LogP contribution in [0.4, 0.5) is 0 Å². The van der Waals surface area contributed by atoms with Gasteiger partial charge < -0.3 is 10.6 Å². The number of rotatable bonds is 4. The van der Waals surface area contributed by atoms with Crippen LogP contribution in [0.3, 0.4) is 0 Å². The Kier molecular flexibility index (Phi) is 6.96. The van der Waals surface area contributed by atoms with Crippen molar-refractivity contribution >= 4 is 40.9 Å². The number of nitrogens with one attached hydrogen (secondary N) is 2. The Labute approximate surface area is 128 Å². The van der Waals surface area contributed by atoms with E-state index in [1.807, 2.05) is 24.3 Å². The van der Waals surface area contributed by atoms with E-state index in [1.165, 1.54) is 16.4 Å². The maximum atomic E-state index is 11.7. The Morgan fingerprint density at radius 3 is 3.00 bits per heavy atom. The van der Waals surface area contributed by atoms with Crippen LogP contribution in [0, 0.1) is 3.57 Å². The monoisotopic (exact) mass is 380 g/mol. The van der Waals surface area contributed by atoms with Gasteiger partial charge in [-0.25, -0.2) is 0 Å². The zero-order valence-corrected chi connectivity index (χ0v) is 13.1. The maximum Gasteiger partial charge on any atom is 0.224 e. The quantitative estimate of drug-likeness (QED) is 0.786. The van der Waals surface area contributed by atoms with Gasteiger partial charge in [0.05, 0.1) is 6.42 Å². The predicted molar refractivity (Wildman–Crippen MR) is 84.1 cm³/mol. The molecule has 100 valence electrons. The molecule has 1 aliphatic rings. The minimum absolute atomic E-state index is 0. The van der Waals surface area contributed by atoms with Crippen molar-refractivity contribution in [2.45, 2.75) is 25.3 Å². The number of halogens is 2. The molecule has 0 radical (unpaired) electrons. The molecule has 0 spiro atoms. The van der Waals surface area contributed by atoms with Gasteiger partial charge in [0.2, 0.25) is 5.91 Å². The summed E-state index contributed by atoms with van der Waals surface area (Å²) in [5.74, 6) is 0.112. The second kappa shape index (κ2) is 7.96. The molecule has 1 aliphatic heterocycles. The first-order valence-corrected chi connectivity index (χ1v) is 7.06. The zero-order chi connectivity index (χ0) is 12.1. The van der Waals surface area contributed by atoms with Gasteiger partial charge in [-0.3, -0.25) is 4.79 Å². The highest BCUT2D eigenvalue weighted by atomic mass is 127. The van der Waals surface area contributed by atoms with E-state index in [0.717, 1.165) is 18.7 Å². The SMILES string of the molecule is Cl.O=C(Cc1cccc(I)c1)NCC1CCCN1. The van der Waals surface area contributed by atoms with E-state index in [2.05, 4.69) is 33.2 Å². The molecule has 1 atom stereocenters. The van der Waals surface area contributed by atoms with Gasteiger partial charge in [0.15, 0.2) is 0 Å². The molecule has 1 saturated heterocycles. The third-order valence-electron chi connectivity index (χ3n) is 2.96. The van der Waals surface area contributed by atoms with Crippen LogP contribution in [0.15, 0.2) is 24.3 Å². The average Bonchev–Trinajstić information content (AvgIpc) is 2.79. The van der Waals surface area contributed by atoms with Crippen molar-refractivity contribution in [3.05, 3.63) is 33.4 Å². The van der Waals surface area contributed by atoms with Gasteiger partial charge in [-0.1, -0.05) is 12.1 Å². The van der Waals surface area contributed by atoms with Crippen molar-refractivity contribution in [1.82, 2.24) is 10.6 Å². The molecule has 18 heavy (non-hydrogen) atoms. The Balaban J connectivity index is 0.00000162. The van der Waals surface area contributed by atoms with E-state index in [-0.39, 0.29) is 18.3 Å². The normalized spacial score (nSPS) is 18.2. The van der Waals surface area contributed by atoms with Gasteiger partial charge in [0.25, 0.3) is 0 Å². The van der Waals surface area contributed by atoms with Gasteiger partial charge in [-0.2, -0.15) is 0 Å². The summed E-state index contributed by atoms with van der Waals surface area (Å²) in [5, 5.41) is 6.36. The molecule has 0 aliphatic carbocycles. The van der Waals surface area contributed by atoms with Crippen molar-refractivity contribution < 1.29 is 4.79 Å². The molecule has 1 unspecified atom stereocenters. The first kappa shape index (κ1) is 15.7. The van der Waals surface area contributed by atoms with Crippen molar-refractivity contribution in [2.24, 2.45) is 0 Å². The first-order chi connectivity index (χ1) is 8.24. The number of hydrogen-bond donors (Lipinski definition) is 2. The number of hydrogen-bond acceptors (Lipinski definition) is 2. The van der Waals surface area contributed by atoms with E-state index < -0.39 is 0 Å². The summed E-state index contributed by atoms with van der Waals surface area (Å²) in [4.78, 5) is 11.7. The van der Waals surface area contributed by atoms with Crippen LogP contribution in [0.5, 0.6) is 0 Å². The molecule has 0 saturated carbocycles. The highest BCUT2D eigenvalue weighted by molar-refractivity contribution is 14.1. The predicted octanol–water partition coefficient (Wildman–Crippen LogP) is 2.12. The van der Waals surface area contributed by atoms with Crippen molar-refractivity contribution in [1.29, 1.82) is 0 Å². The third kappa shape index (κ3) is 5.12. The lowest BCUT2D eigenvalue weighted by molar-refractivity contribution is -0.120. The van der Waals surface area contributed by atoms with Crippen LogP contribution in [0.1, 0.15) is 18.4 Å². The molecule has 0 bridgehead atoms. The summed E-state index contributed by atoms with van der Waals surface area (Å²) in [6.45, 7) is 1.83.